The highest BCUT2D eigenvalue weighted by Crippen LogP contribution is 2.35. The Morgan fingerprint density at radius 2 is 1.94 bits per heavy atom. The fraction of sp³-hybridized carbons (Fsp3) is 1.00. The second kappa shape index (κ2) is 7.52. The third-order valence-electron chi connectivity index (χ3n) is 4.05. The molecule has 0 spiro atoms. The maximum Gasteiger partial charge on any atom is 0.248 e. The molecule has 0 aromatic carbocycles. The molecule has 18 heavy (non-hydrogen) atoms. The summed E-state index contributed by atoms with van der Waals surface area (Å²) in [5.41, 5.74) is 0. The monoisotopic (exact) mass is 310 g/mol. The van der Waals surface area contributed by atoms with Crippen molar-refractivity contribution in [2.24, 2.45) is 17.8 Å². The topological polar surface area (TPSA) is 9.23 Å². The van der Waals surface area contributed by atoms with Crippen molar-refractivity contribution in [1.82, 2.24) is 0 Å². The van der Waals surface area contributed by atoms with Crippen LogP contribution in [0.1, 0.15) is 46.5 Å². The first kappa shape index (κ1) is 16.8. The Kier molecular flexibility index (Phi) is 7.02. The fourth-order valence-corrected chi connectivity index (χ4v) is 4.49. The van der Waals surface area contributed by atoms with Crippen LogP contribution in [0.5, 0.6) is 0 Å². The van der Waals surface area contributed by atoms with Crippen molar-refractivity contribution in [2.45, 2.75) is 65.1 Å². The average molecular weight is 311 g/mol. The molecule has 1 nitrogen and oxygen atoms in total. The van der Waals surface area contributed by atoms with Gasteiger partial charge in [0.05, 0.1) is 6.10 Å². The first-order valence-corrected chi connectivity index (χ1v) is 12.0. The van der Waals surface area contributed by atoms with E-state index in [0.717, 1.165) is 36.8 Å². The minimum atomic E-state index is -1.93. The summed E-state index contributed by atoms with van der Waals surface area (Å²) in [6.07, 6.45) is 5.36. The molecule has 0 saturated heterocycles. The second-order valence-electron chi connectivity index (χ2n) is 6.41. The molecule has 0 N–H and O–H groups in total. The van der Waals surface area contributed by atoms with Gasteiger partial charge in [-0.05, 0) is 49.6 Å². The van der Waals surface area contributed by atoms with E-state index in [0.29, 0.717) is 6.10 Å². The molecule has 0 radical (unpaired) electrons. The van der Waals surface area contributed by atoms with E-state index in [1.165, 1.54) is 19.3 Å². The first-order valence-electron chi connectivity index (χ1n) is 7.29. The molecule has 3 atom stereocenters. The molecular weight excluding hydrogens is 283 g/mol. The summed E-state index contributed by atoms with van der Waals surface area (Å²) in [6, 6.07) is 0.935. The lowest BCUT2D eigenvalue weighted by Gasteiger charge is -2.37. The van der Waals surface area contributed by atoms with Crippen LogP contribution in [-0.2, 0) is 4.74 Å². The van der Waals surface area contributed by atoms with Crippen LogP contribution >= 0.6 is 22.2 Å². The molecular formula is C14H28Cl2OSi. The van der Waals surface area contributed by atoms with Crippen molar-refractivity contribution in [2.75, 3.05) is 6.61 Å². The van der Waals surface area contributed by atoms with Gasteiger partial charge in [0.2, 0.25) is 6.69 Å². The minimum absolute atomic E-state index is 0.451. The zero-order valence-electron chi connectivity index (χ0n) is 12.2. The van der Waals surface area contributed by atoms with Gasteiger partial charge in [-0.15, -0.1) is 22.2 Å². The largest absolute Gasteiger partial charge is 0.378 e. The Morgan fingerprint density at radius 3 is 2.50 bits per heavy atom. The molecule has 0 heterocycles. The van der Waals surface area contributed by atoms with Crippen LogP contribution in [-0.4, -0.2) is 19.4 Å². The quantitative estimate of drug-likeness (QED) is 0.362. The lowest BCUT2D eigenvalue weighted by Crippen LogP contribution is -2.34. The summed E-state index contributed by atoms with van der Waals surface area (Å²) in [7, 11) is 0. The normalized spacial score (nSPS) is 29.8. The van der Waals surface area contributed by atoms with E-state index in [9.17, 15) is 0 Å². The number of hydrogen-bond donors (Lipinski definition) is 0. The molecule has 0 aliphatic heterocycles. The Balaban J connectivity index is 2.32. The molecule has 4 heteroatoms. The predicted octanol–water partition coefficient (Wildman–Crippen LogP) is 5.40. The lowest BCUT2D eigenvalue weighted by molar-refractivity contribution is -0.0379. The smallest absolute Gasteiger partial charge is 0.248 e. The highest BCUT2D eigenvalue weighted by molar-refractivity contribution is 7.44. The molecule has 0 bridgehead atoms. The summed E-state index contributed by atoms with van der Waals surface area (Å²) in [5, 5.41) is 0. The van der Waals surface area contributed by atoms with Crippen LogP contribution in [0.15, 0.2) is 0 Å². The van der Waals surface area contributed by atoms with Crippen LogP contribution < -0.4 is 0 Å². The van der Waals surface area contributed by atoms with E-state index in [-0.39, 0.29) is 0 Å². The number of hydrogen-bond acceptors (Lipinski definition) is 1. The first-order chi connectivity index (χ1) is 8.29. The van der Waals surface area contributed by atoms with Gasteiger partial charge in [-0.3, -0.25) is 0 Å². The molecule has 0 aromatic heterocycles. The fourth-order valence-electron chi connectivity index (χ4n) is 2.92. The minimum Gasteiger partial charge on any atom is -0.378 e. The molecule has 0 aromatic rings. The highest BCUT2D eigenvalue weighted by atomic mass is 35.7. The molecule has 1 rings (SSSR count). The molecule has 1 aliphatic carbocycles. The van der Waals surface area contributed by atoms with Crippen molar-refractivity contribution in [3.63, 3.8) is 0 Å². The number of rotatable bonds is 6. The summed E-state index contributed by atoms with van der Waals surface area (Å²) in [4.78, 5) is 0. The van der Waals surface area contributed by atoms with Crippen LogP contribution in [0.4, 0.5) is 0 Å². The van der Waals surface area contributed by atoms with Gasteiger partial charge < -0.3 is 4.74 Å². The standard InChI is InChI=1S/C14H28Cl2OSi/c1-11(2)13-7-6-12(3)10-14(13)17-8-5-9-18(4,15)16/h11-14H,5-10H2,1-4H3. The zero-order chi connectivity index (χ0) is 13.8. The van der Waals surface area contributed by atoms with Gasteiger partial charge in [-0.2, -0.15) is 0 Å². The highest BCUT2D eigenvalue weighted by Gasteiger charge is 2.31. The number of halogens is 2. The van der Waals surface area contributed by atoms with Crippen LogP contribution in [0.25, 0.3) is 0 Å². The van der Waals surface area contributed by atoms with E-state index >= 15 is 0 Å². The van der Waals surface area contributed by atoms with E-state index in [1.54, 1.807) is 0 Å². The molecule has 108 valence electrons. The molecule has 1 fully saturated rings. The van der Waals surface area contributed by atoms with Gasteiger partial charge in [-0.1, -0.05) is 27.2 Å². The maximum absolute atomic E-state index is 6.13. The van der Waals surface area contributed by atoms with Crippen LogP contribution in [0.3, 0.4) is 0 Å². The maximum atomic E-state index is 6.13. The van der Waals surface area contributed by atoms with Gasteiger partial charge in [0.15, 0.2) is 0 Å². The van der Waals surface area contributed by atoms with Crippen molar-refractivity contribution in [3.8, 4) is 0 Å². The molecule has 3 unspecified atom stereocenters. The SMILES string of the molecule is CC1CCC(C(C)C)C(OCCC[Si](C)(Cl)Cl)C1. The summed E-state index contributed by atoms with van der Waals surface area (Å²) >= 11 is 12.2. The third kappa shape index (κ3) is 6.27. The summed E-state index contributed by atoms with van der Waals surface area (Å²) in [5.74, 6) is 2.27. The van der Waals surface area contributed by atoms with Gasteiger partial charge in [0.25, 0.3) is 0 Å². The van der Waals surface area contributed by atoms with E-state index < -0.39 is 6.69 Å². The van der Waals surface area contributed by atoms with Crippen molar-refractivity contribution >= 4 is 28.9 Å². The van der Waals surface area contributed by atoms with Crippen molar-refractivity contribution < 1.29 is 4.74 Å². The number of ether oxygens (including phenoxy) is 1. The van der Waals surface area contributed by atoms with E-state index in [2.05, 4.69) is 20.8 Å². The average Bonchev–Trinajstić information content (AvgIpc) is 2.22. The van der Waals surface area contributed by atoms with Gasteiger partial charge in [-0.25, -0.2) is 0 Å². The van der Waals surface area contributed by atoms with Gasteiger partial charge in [0, 0.05) is 6.61 Å². The Morgan fingerprint density at radius 1 is 1.28 bits per heavy atom. The Hall–Kier alpha value is 0.757. The molecule has 0 amide bonds. The predicted molar refractivity (Wildman–Crippen MR) is 83.8 cm³/mol. The third-order valence-corrected chi connectivity index (χ3v) is 6.42. The molecule has 1 saturated carbocycles. The van der Waals surface area contributed by atoms with E-state index in [1.807, 2.05) is 6.55 Å². The van der Waals surface area contributed by atoms with Gasteiger partial charge >= 0.3 is 0 Å². The van der Waals surface area contributed by atoms with Crippen LogP contribution in [0, 0.1) is 17.8 Å². The van der Waals surface area contributed by atoms with Gasteiger partial charge in [0.1, 0.15) is 0 Å². The summed E-state index contributed by atoms with van der Waals surface area (Å²) in [6.45, 7) is 7.85. The second-order valence-corrected chi connectivity index (χ2v) is 14.6. The van der Waals surface area contributed by atoms with Crippen molar-refractivity contribution in [1.29, 1.82) is 0 Å². The zero-order valence-corrected chi connectivity index (χ0v) is 14.7. The Labute approximate surface area is 123 Å². The van der Waals surface area contributed by atoms with Crippen molar-refractivity contribution in [3.05, 3.63) is 0 Å². The summed E-state index contributed by atoms with van der Waals surface area (Å²) < 4.78 is 6.13. The Bertz CT molecular complexity index is 240. The van der Waals surface area contributed by atoms with Crippen LogP contribution in [0.2, 0.25) is 12.6 Å². The lowest BCUT2D eigenvalue weighted by atomic mass is 9.75. The van der Waals surface area contributed by atoms with E-state index in [4.69, 9.17) is 26.9 Å². The molecule has 1 aliphatic rings.